The Morgan fingerprint density at radius 3 is 2.47 bits per heavy atom. The molecule has 3 atom stereocenters. The van der Waals surface area contributed by atoms with E-state index >= 15 is 0 Å². The Bertz CT molecular complexity index is 333. The highest BCUT2D eigenvalue weighted by molar-refractivity contribution is 6.00. The first-order valence-electron chi connectivity index (χ1n) is 6.99. The van der Waals surface area contributed by atoms with E-state index in [9.17, 15) is 9.59 Å². The summed E-state index contributed by atoms with van der Waals surface area (Å²) < 4.78 is 0. The molecule has 3 amide bonds. The van der Waals surface area contributed by atoms with Gasteiger partial charge in [-0.25, -0.2) is 4.79 Å². The molecule has 1 aliphatic heterocycles. The molecule has 1 aliphatic rings. The van der Waals surface area contributed by atoms with Crippen molar-refractivity contribution in [2.24, 2.45) is 11.7 Å². The third-order valence-corrected chi connectivity index (χ3v) is 3.46. The van der Waals surface area contributed by atoms with Gasteiger partial charge in [0.15, 0.2) is 0 Å². The number of carbonyl (C=O) groups excluding carboxylic acids is 2. The van der Waals surface area contributed by atoms with Crippen LogP contribution in [0.1, 0.15) is 40.5 Å². The number of rotatable bonds is 6. The lowest BCUT2D eigenvalue weighted by molar-refractivity contribution is -0.125. The maximum atomic E-state index is 11.8. The van der Waals surface area contributed by atoms with Gasteiger partial charge in [-0.1, -0.05) is 13.8 Å². The monoisotopic (exact) mass is 270 g/mol. The van der Waals surface area contributed by atoms with Gasteiger partial charge >= 0.3 is 6.03 Å². The summed E-state index contributed by atoms with van der Waals surface area (Å²) in [6, 6.07) is -0.760. The number of carbonyl (C=O) groups is 2. The summed E-state index contributed by atoms with van der Waals surface area (Å²) in [4.78, 5) is 24.9. The normalized spacial score (nSPS) is 25.7. The van der Waals surface area contributed by atoms with Crippen LogP contribution in [-0.4, -0.2) is 41.6 Å². The average Bonchev–Trinajstić information content (AvgIpc) is 2.32. The molecule has 1 saturated heterocycles. The molecular formula is C13H26N4O2. The standard InChI is InChI=1S/C13H26N4O2/c1-5-17-11(14)10(12(18)16-13(17)19)15-9(4)7-6-8(2)3/h8-11,15H,5-7,14H2,1-4H3,(H,16,18,19). The van der Waals surface area contributed by atoms with Crippen LogP contribution in [0, 0.1) is 5.92 Å². The first-order chi connectivity index (χ1) is 8.86. The van der Waals surface area contributed by atoms with Crippen molar-refractivity contribution >= 4 is 11.9 Å². The van der Waals surface area contributed by atoms with Gasteiger partial charge in [-0.2, -0.15) is 0 Å². The number of urea groups is 1. The summed E-state index contributed by atoms with van der Waals surface area (Å²) in [6.07, 6.45) is 1.47. The minimum Gasteiger partial charge on any atom is -0.309 e. The zero-order valence-electron chi connectivity index (χ0n) is 12.3. The molecule has 6 nitrogen and oxygen atoms in total. The van der Waals surface area contributed by atoms with Crippen LogP contribution in [0.3, 0.4) is 0 Å². The molecule has 110 valence electrons. The average molecular weight is 270 g/mol. The van der Waals surface area contributed by atoms with Crippen LogP contribution in [0.25, 0.3) is 0 Å². The Kier molecular flexibility index (Phi) is 5.75. The summed E-state index contributed by atoms with van der Waals surface area (Å²) in [5, 5.41) is 5.56. The van der Waals surface area contributed by atoms with E-state index in [2.05, 4.69) is 24.5 Å². The van der Waals surface area contributed by atoms with Gasteiger partial charge in [0.2, 0.25) is 5.91 Å². The molecule has 0 bridgehead atoms. The van der Waals surface area contributed by atoms with E-state index in [0.29, 0.717) is 12.5 Å². The lowest BCUT2D eigenvalue weighted by Gasteiger charge is -2.38. The number of likely N-dealkylation sites (N-methyl/N-ethyl adjacent to an activating group) is 1. The molecule has 0 aromatic carbocycles. The van der Waals surface area contributed by atoms with Crippen LogP contribution in [-0.2, 0) is 4.79 Å². The molecule has 0 aromatic heterocycles. The van der Waals surface area contributed by atoms with Gasteiger partial charge in [-0.15, -0.1) is 0 Å². The van der Waals surface area contributed by atoms with Crippen molar-refractivity contribution in [2.45, 2.75) is 58.8 Å². The van der Waals surface area contributed by atoms with Gasteiger partial charge in [-0.3, -0.25) is 10.1 Å². The highest BCUT2D eigenvalue weighted by Gasteiger charge is 2.38. The summed E-state index contributed by atoms with van der Waals surface area (Å²) in [5.41, 5.74) is 6.00. The molecule has 1 heterocycles. The first-order valence-corrected chi connectivity index (χ1v) is 6.99. The maximum Gasteiger partial charge on any atom is 0.325 e. The van der Waals surface area contributed by atoms with Gasteiger partial charge in [0.1, 0.15) is 12.2 Å². The van der Waals surface area contributed by atoms with E-state index in [0.717, 1.165) is 12.8 Å². The Morgan fingerprint density at radius 2 is 1.95 bits per heavy atom. The smallest absolute Gasteiger partial charge is 0.309 e. The Morgan fingerprint density at radius 1 is 1.32 bits per heavy atom. The van der Waals surface area contributed by atoms with Crippen LogP contribution >= 0.6 is 0 Å². The lowest BCUT2D eigenvalue weighted by Crippen LogP contribution is -2.70. The van der Waals surface area contributed by atoms with Gasteiger partial charge in [0.05, 0.1) is 0 Å². The van der Waals surface area contributed by atoms with E-state index < -0.39 is 18.2 Å². The van der Waals surface area contributed by atoms with Crippen molar-refractivity contribution < 1.29 is 9.59 Å². The van der Waals surface area contributed by atoms with Gasteiger partial charge in [0.25, 0.3) is 0 Å². The number of nitrogens with zero attached hydrogens (tertiary/aromatic N) is 1. The van der Waals surface area contributed by atoms with E-state index in [1.807, 2.05) is 13.8 Å². The third-order valence-electron chi connectivity index (χ3n) is 3.46. The molecule has 3 unspecified atom stereocenters. The number of hydrogen-bond donors (Lipinski definition) is 3. The maximum absolute atomic E-state index is 11.8. The van der Waals surface area contributed by atoms with Crippen LogP contribution < -0.4 is 16.4 Å². The molecular weight excluding hydrogens is 244 g/mol. The zero-order valence-corrected chi connectivity index (χ0v) is 12.3. The number of nitrogens with one attached hydrogen (secondary N) is 2. The predicted molar refractivity (Wildman–Crippen MR) is 74.4 cm³/mol. The first kappa shape index (κ1) is 15.9. The molecule has 0 saturated carbocycles. The molecule has 0 radical (unpaired) electrons. The Hall–Kier alpha value is -1.14. The lowest BCUT2D eigenvalue weighted by atomic mass is 10.0. The molecule has 0 aliphatic carbocycles. The fourth-order valence-electron chi connectivity index (χ4n) is 2.23. The zero-order chi connectivity index (χ0) is 14.6. The summed E-state index contributed by atoms with van der Waals surface area (Å²) >= 11 is 0. The van der Waals surface area contributed by atoms with Crippen molar-refractivity contribution in [1.29, 1.82) is 0 Å². The molecule has 0 aromatic rings. The minimum atomic E-state index is -0.604. The molecule has 1 rings (SSSR count). The Labute approximate surface area is 115 Å². The fraction of sp³-hybridized carbons (Fsp3) is 0.846. The van der Waals surface area contributed by atoms with Crippen LogP contribution in [0.15, 0.2) is 0 Å². The highest BCUT2D eigenvalue weighted by Crippen LogP contribution is 2.11. The minimum absolute atomic E-state index is 0.191. The number of imide groups is 1. The second kappa shape index (κ2) is 6.86. The van der Waals surface area contributed by atoms with E-state index in [-0.39, 0.29) is 11.9 Å². The van der Waals surface area contributed by atoms with Gasteiger partial charge in [-0.05, 0) is 32.6 Å². The van der Waals surface area contributed by atoms with Crippen molar-refractivity contribution in [3.63, 3.8) is 0 Å². The predicted octanol–water partition coefficient (Wildman–Crippen LogP) is 0.626. The number of amides is 3. The number of nitrogens with two attached hydrogens (primary N) is 1. The van der Waals surface area contributed by atoms with Crippen molar-refractivity contribution in [1.82, 2.24) is 15.5 Å². The van der Waals surface area contributed by atoms with Crippen molar-refractivity contribution in [3.05, 3.63) is 0 Å². The largest absolute Gasteiger partial charge is 0.325 e. The SMILES string of the molecule is CCN1C(=O)NC(=O)C(NC(C)CCC(C)C)C1N. The van der Waals surface area contributed by atoms with Crippen LogP contribution in [0.2, 0.25) is 0 Å². The second-order valence-corrected chi connectivity index (χ2v) is 5.59. The van der Waals surface area contributed by atoms with Gasteiger partial charge < -0.3 is 16.0 Å². The van der Waals surface area contributed by atoms with Crippen LogP contribution in [0.4, 0.5) is 4.79 Å². The third kappa shape index (κ3) is 4.18. The molecule has 1 fully saturated rings. The number of hydrogen-bond acceptors (Lipinski definition) is 4. The van der Waals surface area contributed by atoms with Gasteiger partial charge in [0, 0.05) is 12.6 Å². The molecule has 4 N–H and O–H groups in total. The van der Waals surface area contributed by atoms with E-state index in [4.69, 9.17) is 5.73 Å². The van der Waals surface area contributed by atoms with Crippen molar-refractivity contribution in [2.75, 3.05) is 6.54 Å². The van der Waals surface area contributed by atoms with Crippen LogP contribution in [0.5, 0.6) is 0 Å². The molecule has 0 spiro atoms. The van der Waals surface area contributed by atoms with E-state index in [1.54, 1.807) is 0 Å². The summed E-state index contributed by atoms with van der Waals surface area (Å²) in [5.74, 6) is 0.297. The summed E-state index contributed by atoms with van der Waals surface area (Å²) in [7, 11) is 0. The fourth-order valence-corrected chi connectivity index (χ4v) is 2.23. The quantitative estimate of drug-likeness (QED) is 0.660. The topological polar surface area (TPSA) is 87.5 Å². The summed E-state index contributed by atoms with van der Waals surface area (Å²) in [6.45, 7) is 8.70. The second-order valence-electron chi connectivity index (χ2n) is 5.59. The van der Waals surface area contributed by atoms with Crippen molar-refractivity contribution in [3.8, 4) is 0 Å². The Balaban J connectivity index is 2.60. The highest BCUT2D eigenvalue weighted by atomic mass is 16.2. The van der Waals surface area contributed by atoms with E-state index in [1.165, 1.54) is 4.90 Å². The molecule has 6 heteroatoms. The molecule has 19 heavy (non-hydrogen) atoms.